The largest absolute Gasteiger partial charge is 0.493 e. The number of likely N-dealkylation sites (tertiary alicyclic amines) is 1. The molecule has 2 aliphatic heterocycles. The van der Waals surface area contributed by atoms with Crippen molar-refractivity contribution in [3.05, 3.63) is 23.3 Å². The molecule has 2 heterocycles. The average Bonchev–Trinajstić information content (AvgIpc) is 3.12. The fourth-order valence-corrected chi connectivity index (χ4v) is 5.94. The number of nitrogens with zero attached hydrogens (tertiary/aromatic N) is 1. The van der Waals surface area contributed by atoms with Crippen LogP contribution in [0, 0.1) is 5.92 Å². The van der Waals surface area contributed by atoms with Crippen LogP contribution in [0.5, 0.6) is 11.5 Å². The zero-order valence-electron chi connectivity index (χ0n) is 17.9. The Bertz CT molecular complexity index is 945. The van der Waals surface area contributed by atoms with E-state index >= 15 is 0 Å². The minimum atomic E-state index is -2.27. The number of carboxylic acids is 2. The van der Waals surface area contributed by atoms with Gasteiger partial charge in [0.25, 0.3) is 0 Å². The number of likely N-dealkylation sites (N-methyl/N-ethyl adjacent to an activating group) is 1. The van der Waals surface area contributed by atoms with E-state index in [1.807, 2.05) is 6.07 Å². The second-order valence-corrected chi connectivity index (χ2v) is 8.85. The molecular formula is C22H27NO9. The zero-order chi connectivity index (χ0) is 23.4. The molecule has 32 heavy (non-hydrogen) atoms. The first-order chi connectivity index (χ1) is 15.1. The molecule has 1 spiro atoms. The van der Waals surface area contributed by atoms with Crippen LogP contribution in [-0.4, -0.2) is 88.1 Å². The van der Waals surface area contributed by atoms with E-state index in [0.29, 0.717) is 18.4 Å². The van der Waals surface area contributed by atoms with Crippen molar-refractivity contribution >= 4 is 17.7 Å². The van der Waals surface area contributed by atoms with Crippen LogP contribution in [-0.2, 0) is 26.2 Å². The Kier molecular flexibility index (Phi) is 5.64. The molecule has 2 fully saturated rings. The van der Waals surface area contributed by atoms with Crippen LogP contribution in [0.4, 0.5) is 0 Å². The highest BCUT2D eigenvalue weighted by Gasteiger charge is 2.65. The summed E-state index contributed by atoms with van der Waals surface area (Å²) in [7, 11) is 3.91. The number of rotatable bonds is 4. The highest BCUT2D eigenvalue weighted by Crippen LogP contribution is 2.63. The molecule has 174 valence electrons. The third kappa shape index (κ3) is 3.16. The maximum Gasteiger partial charge on any atom is 0.335 e. The molecule has 0 amide bonds. The number of hydrogen-bond acceptors (Lipinski definition) is 8. The molecule has 10 nitrogen and oxygen atoms in total. The highest BCUT2D eigenvalue weighted by molar-refractivity contribution is 5.89. The smallest absolute Gasteiger partial charge is 0.335 e. The Balaban J connectivity index is 0.000000211. The van der Waals surface area contributed by atoms with E-state index in [4.69, 9.17) is 29.9 Å². The van der Waals surface area contributed by atoms with Crippen LogP contribution in [0.25, 0.3) is 0 Å². The molecule has 1 saturated heterocycles. The van der Waals surface area contributed by atoms with Gasteiger partial charge in [-0.15, -0.1) is 0 Å². The van der Waals surface area contributed by atoms with E-state index in [-0.39, 0.29) is 17.3 Å². The summed E-state index contributed by atoms with van der Waals surface area (Å²) in [5.74, 6) is -1.08. The van der Waals surface area contributed by atoms with E-state index in [0.717, 1.165) is 37.3 Å². The minimum Gasteiger partial charge on any atom is -0.493 e. The quantitative estimate of drug-likeness (QED) is 0.486. The maximum atomic E-state index is 12.6. The number of aliphatic carboxylic acids is 2. The standard InChI is InChI=1S/C18H21NO3.C4H6O6/c1-19-8-7-18-11-4-5-13(20)17(18)22-16-14(21-2)6-3-10(15(16)18)9-12(11)19;5-1(3(7)8)2(6)4(9)10/h3,6,11-12,17H,4-5,7-9H2,1-2H3;1-2,5-6H,(H,7,8)(H,9,10)/t11?,12-,17+,18+;/m1./s1. The fourth-order valence-electron chi connectivity index (χ4n) is 5.94. The summed E-state index contributed by atoms with van der Waals surface area (Å²) in [6.45, 7) is 1.05. The Labute approximate surface area is 184 Å². The lowest BCUT2D eigenvalue weighted by atomic mass is 9.52. The number of ether oxygens (including phenoxy) is 2. The molecule has 1 saturated carbocycles. The van der Waals surface area contributed by atoms with Crippen molar-refractivity contribution in [2.45, 2.75) is 55.5 Å². The number of carbonyl (C=O) groups is 3. The first-order valence-electron chi connectivity index (χ1n) is 10.5. The van der Waals surface area contributed by atoms with Gasteiger partial charge >= 0.3 is 11.9 Å². The SMILES string of the molecule is COc1ccc2c3c1O[C@H]1C(=O)CCC4[C@@H](C2)N(C)CC[C@@]341.O=C(O)C(O)C(O)C(=O)O. The number of hydrogen-bond donors (Lipinski definition) is 4. The minimum absolute atomic E-state index is 0.0933. The molecule has 5 rings (SSSR count). The number of aliphatic hydroxyl groups excluding tert-OH is 2. The Hall–Kier alpha value is -2.69. The lowest BCUT2D eigenvalue weighted by Crippen LogP contribution is -2.65. The van der Waals surface area contributed by atoms with E-state index < -0.39 is 24.1 Å². The van der Waals surface area contributed by atoms with Crippen molar-refractivity contribution in [1.29, 1.82) is 0 Å². The lowest BCUT2D eigenvalue weighted by molar-refractivity contribution is -0.165. The molecular weight excluding hydrogens is 422 g/mol. The molecule has 6 atom stereocenters. The monoisotopic (exact) mass is 449 g/mol. The van der Waals surface area contributed by atoms with Gasteiger partial charge in [0.1, 0.15) is 0 Å². The molecule has 1 aromatic rings. The molecule has 1 aromatic carbocycles. The number of aliphatic hydroxyl groups is 2. The maximum absolute atomic E-state index is 12.6. The predicted octanol–water partition coefficient (Wildman–Crippen LogP) is -0.189. The Morgan fingerprint density at radius 2 is 1.88 bits per heavy atom. The van der Waals surface area contributed by atoms with Crippen molar-refractivity contribution in [2.75, 3.05) is 20.7 Å². The van der Waals surface area contributed by atoms with Gasteiger partial charge < -0.3 is 34.8 Å². The number of piperidine rings is 1. The Morgan fingerprint density at radius 1 is 1.22 bits per heavy atom. The van der Waals surface area contributed by atoms with Crippen LogP contribution < -0.4 is 9.47 Å². The van der Waals surface area contributed by atoms with Gasteiger partial charge in [0, 0.05) is 23.4 Å². The van der Waals surface area contributed by atoms with Gasteiger partial charge in [0.2, 0.25) is 0 Å². The topological polar surface area (TPSA) is 154 Å². The van der Waals surface area contributed by atoms with Crippen molar-refractivity contribution in [3.63, 3.8) is 0 Å². The van der Waals surface area contributed by atoms with E-state index in [2.05, 4.69) is 18.0 Å². The average molecular weight is 449 g/mol. The predicted molar refractivity (Wildman–Crippen MR) is 109 cm³/mol. The molecule has 0 aromatic heterocycles. The van der Waals surface area contributed by atoms with Gasteiger partial charge in [-0.05, 0) is 50.4 Å². The third-order valence-electron chi connectivity index (χ3n) is 7.40. The molecule has 2 aliphatic carbocycles. The van der Waals surface area contributed by atoms with Gasteiger partial charge in [-0.3, -0.25) is 4.79 Å². The van der Waals surface area contributed by atoms with Gasteiger partial charge in [-0.25, -0.2) is 9.59 Å². The fraction of sp³-hybridized carbons (Fsp3) is 0.591. The summed E-state index contributed by atoms with van der Waals surface area (Å²) >= 11 is 0. The van der Waals surface area contributed by atoms with Gasteiger partial charge in [0.05, 0.1) is 7.11 Å². The molecule has 3 unspecified atom stereocenters. The second kappa shape index (κ2) is 8.02. The first kappa shape index (κ1) is 22.5. The summed E-state index contributed by atoms with van der Waals surface area (Å²) in [6.07, 6.45) is -1.06. The number of ketones is 1. The molecule has 0 radical (unpaired) electrons. The van der Waals surface area contributed by atoms with E-state index in [9.17, 15) is 14.4 Å². The summed E-state index contributed by atoms with van der Waals surface area (Å²) < 4.78 is 11.8. The summed E-state index contributed by atoms with van der Waals surface area (Å²) in [4.78, 5) is 34.7. The van der Waals surface area contributed by atoms with Crippen LogP contribution in [0.2, 0.25) is 0 Å². The normalized spacial score (nSPS) is 31.4. The number of methoxy groups -OCH3 is 1. The zero-order valence-corrected chi connectivity index (χ0v) is 17.9. The van der Waals surface area contributed by atoms with Crippen molar-refractivity contribution in [2.24, 2.45) is 5.92 Å². The van der Waals surface area contributed by atoms with Gasteiger partial charge in [-0.2, -0.15) is 0 Å². The van der Waals surface area contributed by atoms with Crippen LogP contribution in [0.1, 0.15) is 30.4 Å². The van der Waals surface area contributed by atoms with E-state index in [1.54, 1.807) is 7.11 Å². The number of benzene rings is 1. The Morgan fingerprint density at radius 3 is 2.47 bits per heavy atom. The van der Waals surface area contributed by atoms with Crippen molar-refractivity contribution in [3.8, 4) is 11.5 Å². The number of Topliss-reactive ketones (excluding diaryl/α,β-unsaturated/α-hetero) is 1. The molecule has 2 bridgehead atoms. The number of carboxylic acid groups (broad SMARTS) is 2. The summed E-state index contributed by atoms with van der Waals surface area (Å²) in [6, 6.07) is 4.73. The number of carbonyl (C=O) groups excluding carboxylic acids is 1. The lowest BCUT2D eigenvalue weighted by Gasteiger charge is -2.57. The van der Waals surface area contributed by atoms with Crippen LogP contribution in [0.15, 0.2) is 12.1 Å². The third-order valence-corrected chi connectivity index (χ3v) is 7.40. The second-order valence-electron chi connectivity index (χ2n) is 8.85. The van der Waals surface area contributed by atoms with Crippen molar-refractivity contribution in [1.82, 2.24) is 4.90 Å². The van der Waals surface area contributed by atoms with Gasteiger partial charge in [-0.1, -0.05) is 6.07 Å². The van der Waals surface area contributed by atoms with Crippen molar-refractivity contribution < 1.29 is 44.3 Å². The molecule has 4 aliphatic rings. The highest BCUT2D eigenvalue weighted by atomic mass is 16.5. The molecule has 4 N–H and O–H groups in total. The van der Waals surface area contributed by atoms with Crippen LogP contribution in [0.3, 0.4) is 0 Å². The van der Waals surface area contributed by atoms with Crippen LogP contribution >= 0.6 is 0 Å². The van der Waals surface area contributed by atoms with E-state index in [1.165, 1.54) is 11.1 Å². The molecule has 10 heteroatoms. The first-order valence-corrected chi connectivity index (χ1v) is 10.5. The van der Waals surface area contributed by atoms with Gasteiger partial charge in [0.15, 0.2) is 35.6 Å². The summed E-state index contributed by atoms with van der Waals surface area (Å²) in [5, 5.41) is 32.5. The summed E-state index contributed by atoms with van der Waals surface area (Å²) in [5.41, 5.74) is 2.57.